The molecule has 5 atom stereocenters. The summed E-state index contributed by atoms with van der Waals surface area (Å²) in [6, 6.07) is 9.83. The molecule has 0 aromatic heterocycles. The summed E-state index contributed by atoms with van der Waals surface area (Å²) in [6.45, 7) is 11.1. The number of carbonyl (C=O) groups is 3. The Kier molecular flexibility index (Phi) is 9.27. The van der Waals surface area contributed by atoms with Crippen LogP contribution in [0.25, 0.3) is 0 Å². The lowest BCUT2D eigenvalue weighted by atomic mass is 9.89. The number of imide groups is 1. The molecule has 0 spiro atoms. The zero-order valence-electron chi connectivity index (χ0n) is 22.6. The highest BCUT2D eigenvalue weighted by Gasteiger charge is 2.47. The minimum atomic E-state index is -1.25. The summed E-state index contributed by atoms with van der Waals surface area (Å²) in [6.07, 6.45) is 2.51. The summed E-state index contributed by atoms with van der Waals surface area (Å²) >= 11 is 1.53. The van der Waals surface area contributed by atoms with Crippen molar-refractivity contribution >= 4 is 29.5 Å². The topological polar surface area (TPSA) is 102 Å². The number of esters is 1. The van der Waals surface area contributed by atoms with Crippen LogP contribution < -0.4 is 0 Å². The Hall–Kier alpha value is -2.20. The molecule has 0 saturated carbocycles. The van der Waals surface area contributed by atoms with Crippen LogP contribution in [0.2, 0.25) is 0 Å². The van der Waals surface area contributed by atoms with Gasteiger partial charge < -0.3 is 19.3 Å². The van der Waals surface area contributed by atoms with Gasteiger partial charge in [0.1, 0.15) is 11.0 Å². The van der Waals surface area contributed by atoms with Gasteiger partial charge in [-0.25, -0.2) is 0 Å². The molecular weight excluding hydrogens is 494 g/mol. The summed E-state index contributed by atoms with van der Waals surface area (Å²) in [7, 11) is 0. The molecule has 37 heavy (non-hydrogen) atoms. The van der Waals surface area contributed by atoms with E-state index in [4.69, 9.17) is 14.2 Å². The van der Waals surface area contributed by atoms with Crippen molar-refractivity contribution in [2.24, 2.45) is 0 Å². The molecule has 1 aromatic rings. The van der Waals surface area contributed by atoms with Crippen LogP contribution in [0.4, 0.5) is 0 Å². The number of hydrogen-bond donors (Lipinski definition) is 1. The summed E-state index contributed by atoms with van der Waals surface area (Å²) in [5.41, 5.74) is -3.05. The number of amides is 2. The fourth-order valence-corrected chi connectivity index (χ4v) is 5.95. The van der Waals surface area contributed by atoms with Crippen LogP contribution in [-0.2, 0) is 28.6 Å². The molecule has 0 radical (unpaired) electrons. The highest BCUT2D eigenvalue weighted by Crippen LogP contribution is 2.39. The molecule has 0 bridgehead atoms. The second-order valence-corrected chi connectivity index (χ2v) is 12.1. The Balaban J connectivity index is 1.54. The highest BCUT2D eigenvalue weighted by atomic mass is 32.2. The van der Waals surface area contributed by atoms with Gasteiger partial charge in [0.05, 0.1) is 18.1 Å². The molecular formula is C28H39NO7S. The number of aliphatic hydroxyl groups is 1. The summed E-state index contributed by atoms with van der Waals surface area (Å²) < 4.78 is 18.0. The van der Waals surface area contributed by atoms with Crippen molar-refractivity contribution in [2.75, 3.05) is 6.61 Å². The SMILES string of the molecule is CCC(C)(CC(=O)OC1C(C)OC(Sc2ccccc2)CC1(C)O)OCCC(C)(C)N1C(=O)C=CC1=O. The van der Waals surface area contributed by atoms with Crippen molar-refractivity contribution in [2.45, 2.75) is 107 Å². The maximum Gasteiger partial charge on any atom is 0.309 e. The first-order valence-corrected chi connectivity index (χ1v) is 13.6. The van der Waals surface area contributed by atoms with Crippen molar-refractivity contribution in [3.8, 4) is 0 Å². The van der Waals surface area contributed by atoms with E-state index in [2.05, 4.69) is 0 Å². The van der Waals surface area contributed by atoms with E-state index in [1.807, 2.05) is 58.0 Å². The van der Waals surface area contributed by atoms with Crippen molar-refractivity contribution in [1.29, 1.82) is 0 Å². The van der Waals surface area contributed by atoms with Crippen LogP contribution in [0, 0.1) is 0 Å². The quantitative estimate of drug-likeness (QED) is 0.333. The van der Waals surface area contributed by atoms with Crippen LogP contribution in [-0.4, -0.2) is 68.8 Å². The Morgan fingerprint density at radius 1 is 1.19 bits per heavy atom. The third-order valence-electron chi connectivity index (χ3n) is 7.10. The lowest BCUT2D eigenvalue weighted by Crippen LogP contribution is -2.56. The van der Waals surface area contributed by atoms with E-state index in [9.17, 15) is 19.5 Å². The van der Waals surface area contributed by atoms with Gasteiger partial charge in [-0.2, -0.15) is 0 Å². The molecule has 2 aliphatic rings. The van der Waals surface area contributed by atoms with Gasteiger partial charge in [-0.05, 0) is 59.6 Å². The van der Waals surface area contributed by atoms with Gasteiger partial charge in [0.15, 0.2) is 6.10 Å². The normalized spacial score (nSPS) is 27.9. The third kappa shape index (κ3) is 7.44. The molecule has 204 valence electrons. The lowest BCUT2D eigenvalue weighted by molar-refractivity contribution is -0.212. The van der Waals surface area contributed by atoms with Gasteiger partial charge in [-0.1, -0.05) is 36.9 Å². The molecule has 2 aliphatic heterocycles. The maximum atomic E-state index is 13.0. The Morgan fingerprint density at radius 2 is 1.81 bits per heavy atom. The van der Waals surface area contributed by atoms with Gasteiger partial charge in [0.2, 0.25) is 0 Å². The predicted molar refractivity (Wildman–Crippen MR) is 141 cm³/mol. The molecule has 1 aromatic carbocycles. The van der Waals surface area contributed by atoms with Crippen molar-refractivity contribution in [3.05, 3.63) is 42.5 Å². The average Bonchev–Trinajstić information content (AvgIpc) is 3.15. The van der Waals surface area contributed by atoms with Crippen molar-refractivity contribution in [1.82, 2.24) is 4.90 Å². The highest BCUT2D eigenvalue weighted by molar-refractivity contribution is 7.99. The summed E-state index contributed by atoms with van der Waals surface area (Å²) in [4.78, 5) is 39.3. The van der Waals surface area contributed by atoms with E-state index in [-0.39, 0.29) is 30.3 Å². The standard InChI is InChI=1S/C28H39NO7S/c1-7-27(5,34-16-15-26(3,4)29-21(30)13-14-22(29)31)17-23(32)36-25-19(2)35-24(18-28(25,6)33)37-20-11-9-8-10-12-20/h8-14,19,24-25,33H,7,15-18H2,1-6H3. The molecule has 8 nitrogen and oxygen atoms in total. The average molecular weight is 534 g/mol. The first kappa shape index (κ1) is 29.4. The van der Waals surface area contributed by atoms with Gasteiger partial charge in [0, 0.05) is 35.6 Å². The Bertz CT molecular complexity index is 991. The van der Waals surface area contributed by atoms with E-state index in [0.29, 0.717) is 19.3 Å². The fraction of sp³-hybridized carbons (Fsp3) is 0.607. The molecule has 3 rings (SSSR count). The molecule has 2 amide bonds. The smallest absolute Gasteiger partial charge is 0.309 e. The molecule has 1 fully saturated rings. The minimum Gasteiger partial charge on any atom is -0.456 e. The number of rotatable bonds is 11. The van der Waals surface area contributed by atoms with E-state index in [1.165, 1.54) is 28.8 Å². The Labute approximate surface area is 223 Å². The molecule has 0 aliphatic carbocycles. The Morgan fingerprint density at radius 3 is 2.38 bits per heavy atom. The first-order chi connectivity index (χ1) is 17.3. The minimum absolute atomic E-state index is 0.00540. The molecule has 5 unspecified atom stereocenters. The van der Waals surface area contributed by atoms with Crippen LogP contribution >= 0.6 is 11.8 Å². The molecule has 1 N–H and O–H groups in total. The number of nitrogens with zero attached hydrogens (tertiary/aromatic N) is 1. The second kappa shape index (κ2) is 11.7. The van der Waals surface area contributed by atoms with Gasteiger partial charge in [-0.15, -0.1) is 0 Å². The summed E-state index contributed by atoms with van der Waals surface area (Å²) in [5.74, 6) is -1.15. The van der Waals surface area contributed by atoms with Gasteiger partial charge >= 0.3 is 5.97 Å². The molecule has 1 saturated heterocycles. The zero-order chi connectivity index (χ0) is 27.4. The fourth-order valence-electron chi connectivity index (χ4n) is 4.68. The zero-order valence-corrected chi connectivity index (χ0v) is 23.4. The van der Waals surface area contributed by atoms with Crippen LogP contribution in [0.5, 0.6) is 0 Å². The number of hydrogen-bond acceptors (Lipinski definition) is 8. The van der Waals surface area contributed by atoms with Crippen LogP contribution in [0.15, 0.2) is 47.4 Å². The molecule has 9 heteroatoms. The molecule has 2 heterocycles. The first-order valence-electron chi connectivity index (χ1n) is 12.8. The summed E-state index contributed by atoms with van der Waals surface area (Å²) in [5, 5.41) is 11.2. The lowest BCUT2D eigenvalue weighted by Gasteiger charge is -2.44. The third-order valence-corrected chi connectivity index (χ3v) is 8.18. The number of benzene rings is 1. The maximum absolute atomic E-state index is 13.0. The van der Waals surface area contributed by atoms with Crippen LogP contribution in [0.3, 0.4) is 0 Å². The van der Waals surface area contributed by atoms with Crippen molar-refractivity contribution < 1.29 is 33.7 Å². The van der Waals surface area contributed by atoms with E-state index < -0.39 is 34.9 Å². The number of ether oxygens (including phenoxy) is 3. The van der Waals surface area contributed by atoms with Gasteiger partial charge in [-0.3, -0.25) is 19.3 Å². The largest absolute Gasteiger partial charge is 0.456 e. The van der Waals surface area contributed by atoms with E-state index >= 15 is 0 Å². The second-order valence-electron chi connectivity index (χ2n) is 10.9. The number of carbonyl (C=O) groups excluding carboxylic acids is 3. The van der Waals surface area contributed by atoms with Crippen LogP contribution in [0.1, 0.15) is 67.2 Å². The van der Waals surface area contributed by atoms with E-state index in [1.54, 1.807) is 13.8 Å². The number of thioether (sulfide) groups is 1. The monoisotopic (exact) mass is 533 g/mol. The van der Waals surface area contributed by atoms with E-state index in [0.717, 1.165) is 4.90 Å². The van der Waals surface area contributed by atoms with Crippen molar-refractivity contribution in [3.63, 3.8) is 0 Å². The predicted octanol–water partition coefficient (Wildman–Crippen LogP) is 4.25. The van der Waals surface area contributed by atoms with Gasteiger partial charge in [0.25, 0.3) is 11.8 Å².